The number of anilines is 1. The molecule has 25 heavy (non-hydrogen) atoms. The van der Waals surface area contributed by atoms with Gasteiger partial charge in [-0.25, -0.2) is 14.5 Å². The van der Waals surface area contributed by atoms with E-state index in [0.29, 0.717) is 5.95 Å². The Kier molecular flexibility index (Phi) is 3.90. The molecule has 124 valence electrons. The van der Waals surface area contributed by atoms with Gasteiger partial charge < -0.3 is 5.32 Å². The minimum absolute atomic E-state index is 0.630. The Morgan fingerprint density at radius 1 is 1.08 bits per heavy atom. The molecule has 0 saturated carbocycles. The van der Waals surface area contributed by atoms with Gasteiger partial charge in [0, 0.05) is 24.5 Å². The summed E-state index contributed by atoms with van der Waals surface area (Å²) in [6.07, 6.45) is 3.75. The van der Waals surface area contributed by atoms with Crippen molar-refractivity contribution in [3.05, 3.63) is 66.5 Å². The lowest BCUT2D eigenvalue weighted by Crippen LogP contribution is -2.02. The monoisotopic (exact) mass is 329 g/mol. The van der Waals surface area contributed by atoms with E-state index in [2.05, 4.69) is 52.5 Å². The fourth-order valence-corrected chi connectivity index (χ4v) is 2.99. The van der Waals surface area contributed by atoms with Gasteiger partial charge in [-0.15, -0.1) is 0 Å². The highest BCUT2D eigenvalue weighted by Crippen LogP contribution is 2.34. The molecule has 0 aliphatic rings. The van der Waals surface area contributed by atoms with E-state index in [1.165, 1.54) is 5.56 Å². The van der Waals surface area contributed by atoms with Crippen LogP contribution in [-0.4, -0.2) is 26.1 Å². The van der Waals surface area contributed by atoms with Crippen LogP contribution < -0.4 is 5.32 Å². The Hall–Kier alpha value is -3.21. The van der Waals surface area contributed by atoms with E-state index in [4.69, 9.17) is 5.10 Å². The maximum Gasteiger partial charge on any atom is 0.223 e. The van der Waals surface area contributed by atoms with Gasteiger partial charge in [-0.3, -0.25) is 0 Å². The third kappa shape index (κ3) is 2.85. The van der Waals surface area contributed by atoms with Gasteiger partial charge in [-0.2, -0.15) is 5.10 Å². The molecule has 0 aliphatic carbocycles. The lowest BCUT2D eigenvalue weighted by Gasteiger charge is -2.06. The van der Waals surface area contributed by atoms with Crippen LogP contribution in [-0.2, 0) is 0 Å². The number of nitrogens with one attached hydrogen (secondary N) is 1. The molecule has 0 unspecified atom stereocenters. The number of aromatic nitrogens is 4. The highest BCUT2D eigenvalue weighted by molar-refractivity contribution is 5.91. The molecule has 0 spiro atoms. The Balaban J connectivity index is 1.98. The van der Waals surface area contributed by atoms with Gasteiger partial charge in [-0.1, -0.05) is 29.8 Å². The summed E-state index contributed by atoms with van der Waals surface area (Å²) in [5.41, 5.74) is 6.13. The Labute approximate surface area is 146 Å². The van der Waals surface area contributed by atoms with Crippen LogP contribution >= 0.6 is 0 Å². The number of hydrogen-bond donors (Lipinski definition) is 1. The molecule has 0 amide bonds. The summed E-state index contributed by atoms with van der Waals surface area (Å²) in [6, 6.07) is 16.4. The number of pyridine rings is 1. The van der Waals surface area contributed by atoms with Crippen molar-refractivity contribution in [2.24, 2.45) is 0 Å². The molecule has 4 rings (SSSR count). The molecule has 3 heterocycles. The minimum Gasteiger partial charge on any atom is -0.354 e. The standard InChI is InChI=1S/C20H19N5/c1-3-21-20-22-11-10-16(23-20)18-17-9-4-5-12-25(17)24-19(18)15-8-6-7-14(2)13-15/h4-13H,3H2,1-2H3,(H,21,22,23). The zero-order valence-electron chi connectivity index (χ0n) is 14.3. The van der Waals surface area contributed by atoms with Crippen molar-refractivity contribution in [3.8, 4) is 22.5 Å². The number of rotatable bonds is 4. The summed E-state index contributed by atoms with van der Waals surface area (Å²) < 4.78 is 1.90. The van der Waals surface area contributed by atoms with Crippen LogP contribution in [0.25, 0.3) is 28.0 Å². The summed E-state index contributed by atoms with van der Waals surface area (Å²) in [7, 11) is 0. The predicted octanol–water partition coefficient (Wildman–Crippen LogP) is 4.20. The van der Waals surface area contributed by atoms with Gasteiger partial charge in [0.2, 0.25) is 5.95 Å². The largest absolute Gasteiger partial charge is 0.354 e. The molecule has 0 bridgehead atoms. The fraction of sp³-hybridized carbons (Fsp3) is 0.150. The van der Waals surface area contributed by atoms with E-state index in [-0.39, 0.29) is 0 Å². The fourth-order valence-electron chi connectivity index (χ4n) is 2.99. The molecule has 0 fully saturated rings. The van der Waals surface area contributed by atoms with E-state index in [9.17, 15) is 0 Å². The molecule has 4 aromatic rings. The maximum atomic E-state index is 4.81. The molecule has 3 aromatic heterocycles. The molecule has 1 aromatic carbocycles. The van der Waals surface area contributed by atoms with E-state index < -0.39 is 0 Å². The predicted molar refractivity (Wildman–Crippen MR) is 101 cm³/mol. The van der Waals surface area contributed by atoms with Crippen molar-refractivity contribution in [1.82, 2.24) is 19.6 Å². The average molecular weight is 329 g/mol. The number of fused-ring (bicyclic) bond motifs is 1. The summed E-state index contributed by atoms with van der Waals surface area (Å²) in [5, 5.41) is 7.99. The topological polar surface area (TPSA) is 55.1 Å². The Morgan fingerprint density at radius 2 is 2.00 bits per heavy atom. The van der Waals surface area contributed by atoms with Crippen molar-refractivity contribution in [1.29, 1.82) is 0 Å². The van der Waals surface area contributed by atoms with E-state index in [1.807, 2.05) is 35.8 Å². The quantitative estimate of drug-likeness (QED) is 0.610. The van der Waals surface area contributed by atoms with Crippen LogP contribution in [0.5, 0.6) is 0 Å². The average Bonchev–Trinajstić information content (AvgIpc) is 3.02. The molecular formula is C20H19N5. The zero-order chi connectivity index (χ0) is 17.2. The Bertz CT molecular complexity index is 1040. The summed E-state index contributed by atoms with van der Waals surface area (Å²) in [6.45, 7) is 4.90. The van der Waals surface area contributed by atoms with Gasteiger partial charge in [0.25, 0.3) is 0 Å². The third-order valence-electron chi connectivity index (χ3n) is 4.08. The first-order chi connectivity index (χ1) is 12.3. The van der Waals surface area contributed by atoms with Crippen molar-refractivity contribution >= 4 is 11.5 Å². The van der Waals surface area contributed by atoms with Gasteiger partial charge in [0.15, 0.2) is 0 Å². The number of aryl methyl sites for hydroxylation is 1. The second-order valence-corrected chi connectivity index (χ2v) is 5.92. The second-order valence-electron chi connectivity index (χ2n) is 5.92. The summed E-state index contributed by atoms with van der Waals surface area (Å²) in [4.78, 5) is 8.97. The lowest BCUT2D eigenvalue weighted by atomic mass is 10.0. The van der Waals surface area contributed by atoms with Crippen LogP contribution in [0, 0.1) is 6.92 Å². The van der Waals surface area contributed by atoms with Crippen LogP contribution in [0.15, 0.2) is 60.9 Å². The van der Waals surface area contributed by atoms with E-state index in [0.717, 1.165) is 34.6 Å². The molecule has 5 nitrogen and oxygen atoms in total. The van der Waals surface area contributed by atoms with Crippen molar-refractivity contribution in [3.63, 3.8) is 0 Å². The highest BCUT2D eigenvalue weighted by Gasteiger charge is 2.17. The first kappa shape index (κ1) is 15.3. The van der Waals surface area contributed by atoms with Gasteiger partial charge in [0.1, 0.15) is 5.69 Å². The molecule has 0 atom stereocenters. The maximum absolute atomic E-state index is 4.81. The third-order valence-corrected chi connectivity index (χ3v) is 4.08. The molecule has 0 saturated heterocycles. The number of nitrogens with zero attached hydrogens (tertiary/aromatic N) is 4. The number of benzene rings is 1. The summed E-state index contributed by atoms with van der Waals surface area (Å²) in [5.74, 6) is 0.630. The second kappa shape index (κ2) is 6.36. The smallest absolute Gasteiger partial charge is 0.223 e. The SMILES string of the molecule is CCNc1nccc(-c2c(-c3cccc(C)c3)nn3ccccc23)n1. The zero-order valence-corrected chi connectivity index (χ0v) is 14.3. The van der Waals surface area contributed by atoms with Crippen molar-refractivity contribution in [2.75, 3.05) is 11.9 Å². The summed E-state index contributed by atoms with van der Waals surface area (Å²) >= 11 is 0. The van der Waals surface area contributed by atoms with Gasteiger partial charge >= 0.3 is 0 Å². The molecule has 5 heteroatoms. The van der Waals surface area contributed by atoms with Crippen LogP contribution in [0.2, 0.25) is 0 Å². The molecule has 0 aliphatic heterocycles. The molecule has 1 N–H and O–H groups in total. The normalized spacial score (nSPS) is 11.0. The van der Waals surface area contributed by atoms with Gasteiger partial charge in [0.05, 0.1) is 16.8 Å². The highest BCUT2D eigenvalue weighted by atomic mass is 15.2. The van der Waals surface area contributed by atoms with E-state index >= 15 is 0 Å². The van der Waals surface area contributed by atoms with Crippen LogP contribution in [0.3, 0.4) is 0 Å². The van der Waals surface area contributed by atoms with E-state index in [1.54, 1.807) is 6.20 Å². The Morgan fingerprint density at radius 3 is 2.84 bits per heavy atom. The van der Waals surface area contributed by atoms with Crippen LogP contribution in [0.1, 0.15) is 12.5 Å². The van der Waals surface area contributed by atoms with Crippen LogP contribution in [0.4, 0.5) is 5.95 Å². The molecular weight excluding hydrogens is 310 g/mol. The van der Waals surface area contributed by atoms with Crippen molar-refractivity contribution in [2.45, 2.75) is 13.8 Å². The van der Waals surface area contributed by atoms with Gasteiger partial charge in [-0.05, 0) is 38.1 Å². The van der Waals surface area contributed by atoms with Crippen molar-refractivity contribution < 1.29 is 0 Å². The molecule has 0 radical (unpaired) electrons. The first-order valence-corrected chi connectivity index (χ1v) is 8.38. The minimum atomic E-state index is 0.630. The number of hydrogen-bond acceptors (Lipinski definition) is 4. The lowest BCUT2D eigenvalue weighted by molar-refractivity contribution is 0.965. The first-order valence-electron chi connectivity index (χ1n) is 8.38.